The van der Waals surface area contributed by atoms with Gasteiger partial charge in [0, 0.05) is 24.4 Å². The number of pyridine rings is 1. The second-order valence-corrected chi connectivity index (χ2v) is 5.32. The normalized spacial score (nSPS) is 16.9. The fraction of sp³-hybridized carbons (Fsp3) is 0.533. The Kier molecular flexibility index (Phi) is 4.51. The number of hydrogen-bond acceptors (Lipinski definition) is 6. The van der Waals surface area contributed by atoms with Crippen LogP contribution in [0.3, 0.4) is 0 Å². The summed E-state index contributed by atoms with van der Waals surface area (Å²) < 4.78 is 40.1. The Labute approximate surface area is 131 Å². The fourth-order valence-electron chi connectivity index (χ4n) is 2.87. The Hall–Kier alpha value is -2.09. The lowest BCUT2D eigenvalue weighted by Gasteiger charge is -2.24. The van der Waals surface area contributed by atoms with E-state index >= 15 is 0 Å². The molecule has 0 aromatic carbocycles. The molecule has 2 heterocycles. The topological polar surface area (TPSA) is 70.3 Å². The van der Waals surface area contributed by atoms with Gasteiger partial charge in [-0.3, -0.25) is 0 Å². The Morgan fingerprint density at radius 2 is 2.13 bits per heavy atom. The Balaban J connectivity index is 1.87. The Morgan fingerprint density at radius 3 is 2.83 bits per heavy atom. The molecule has 23 heavy (non-hydrogen) atoms. The minimum atomic E-state index is -2.93. The van der Waals surface area contributed by atoms with E-state index in [4.69, 9.17) is 9.26 Å². The summed E-state index contributed by atoms with van der Waals surface area (Å²) in [7, 11) is 0. The van der Waals surface area contributed by atoms with Gasteiger partial charge in [0.1, 0.15) is 5.60 Å². The molecular formula is C15H17F2N3O3. The maximum Gasteiger partial charge on any atom is 0.388 e. The smallest absolute Gasteiger partial charge is 0.388 e. The third-order valence-corrected chi connectivity index (χ3v) is 3.85. The Morgan fingerprint density at radius 1 is 1.35 bits per heavy atom. The molecule has 0 aliphatic heterocycles. The zero-order chi connectivity index (χ0) is 16.3. The molecule has 8 heteroatoms. The largest absolute Gasteiger partial charge is 0.417 e. The third kappa shape index (κ3) is 3.31. The number of halogens is 2. The lowest BCUT2D eigenvalue weighted by Crippen LogP contribution is -2.26. The van der Waals surface area contributed by atoms with Gasteiger partial charge in [-0.25, -0.2) is 4.98 Å². The molecule has 0 spiro atoms. The summed E-state index contributed by atoms with van der Waals surface area (Å²) in [6, 6.07) is 2.96. The maximum atomic E-state index is 12.3. The SMILES string of the molecule is CCOC1(c2nc(-c3ccnc(OC(F)F)c3)no2)CCCC1. The molecular weight excluding hydrogens is 308 g/mol. The average molecular weight is 325 g/mol. The summed E-state index contributed by atoms with van der Waals surface area (Å²) in [4.78, 5) is 8.12. The number of alkyl halides is 2. The molecule has 0 saturated heterocycles. The number of nitrogens with zero attached hydrogens (tertiary/aromatic N) is 3. The van der Waals surface area contributed by atoms with E-state index in [0.29, 0.717) is 23.9 Å². The first kappa shape index (κ1) is 15.8. The summed E-state index contributed by atoms with van der Waals surface area (Å²) in [6.45, 7) is -0.452. The first-order valence-corrected chi connectivity index (χ1v) is 7.52. The van der Waals surface area contributed by atoms with Gasteiger partial charge >= 0.3 is 6.61 Å². The molecule has 0 atom stereocenters. The van der Waals surface area contributed by atoms with Gasteiger partial charge in [-0.15, -0.1) is 0 Å². The van der Waals surface area contributed by atoms with Gasteiger partial charge in [0.25, 0.3) is 5.89 Å². The lowest BCUT2D eigenvalue weighted by atomic mass is 10.0. The number of ether oxygens (including phenoxy) is 2. The molecule has 0 unspecified atom stereocenters. The van der Waals surface area contributed by atoms with Crippen LogP contribution >= 0.6 is 0 Å². The highest BCUT2D eigenvalue weighted by molar-refractivity contribution is 5.55. The van der Waals surface area contributed by atoms with Crippen LogP contribution in [0.15, 0.2) is 22.9 Å². The number of rotatable bonds is 6. The zero-order valence-electron chi connectivity index (χ0n) is 12.7. The van der Waals surface area contributed by atoms with Crippen molar-refractivity contribution in [1.29, 1.82) is 0 Å². The summed E-state index contributed by atoms with van der Waals surface area (Å²) in [5.41, 5.74) is -0.0368. The van der Waals surface area contributed by atoms with Crippen molar-refractivity contribution >= 4 is 0 Å². The van der Waals surface area contributed by atoms with Gasteiger partial charge in [0.2, 0.25) is 11.7 Å². The van der Waals surface area contributed by atoms with Gasteiger partial charge in [-0.05, 0) is 38.7 Å². The first-order chi connectivity index (χ1) is 11.1. The predicted molar refractivity (Wildman–Crippen MR) is 75.9 cm³/mol. The molecule has 2 aromatic heterocycles. The molecule has 0 amide bonds. The van der Waals surface area contributed by atoms with Crippen molar-refractivity contribution in [2.75, 3.05) is 6.61 Å². The van der Waals surface area contributed by atoms with E-state index in [1.165, 1.54) is 12.3 Å². The van der Waals surface area contributed by atoms with Crippen molar-refractivity contribution in [3.63, 3.8) is 0 Å². The highest BCUT2D eigenvalue weighted by Gasteiger charge is 2.41. The highest BCUT2D eigenvalue weighted by Crippen LogP contribution is 2.41. The van der Waals surface area contributed by atoms with Crippen LogP contribution in [-0.2, 0) is 10.3 Å². The van der Waals surface area contributed by atoms with Crippen LogP contribution in [0.2, 0.25) is 0 Å². The quantitative estimate of drug-likeness (QED) is 0.809. The minimum absolute atomic E-state index is 0.191. The second kappa shape index (κ2) is 6.57. The Bertz CT molecular complexity index is 657. The minimum Gasteiger partial charge on any atom is -0.417 e. The van der Waals surface area contributed by atoms with Gasteiger partial charge in [0.05, 0.1) is 0 Å². The molecule has 1 aliphatic carbocycles. The van der Waals surface area contributed by atoms with Crippen molar-refractivity contribution in [1.82, 2.24) is 15.1 Å². The number of aromatic nitrogens is 3. The monoisotopic (exact) mass is 325 g/mol. The van der Waals surface area contributed by atoms with Crippen LogP contribution in [0, 0.1) is 0 Å². The first-order valence-electron chi connectivity index (χ1n) is 7.52. The van der Waals surface area contributed by atoms with Crippen LogP contribution < -0.4 is 4.74 Å². The van der Waals surface area contributed by atoms with Crippen LogP contribution in [0.25, 0.3) is 11.4 Å². The molecule has 0 bridgehead atoms. The molecule has 0 radical (unpaired) electrons. The van der Waals surface area contributed by atoms with Crippen molar-refractivity contribution in [3.8, 4) is 17.3 Å². The van der Waals surface area contributed by atoms with Crippen LogP contribution in [-0.4, -0.2) is 28.3 Å². The fourth-order valence-corrected chi connectivity index (χ4v) is 2.87. The second-order valence-electron chi connectivity index (χ2n) is 5.32. The van der Waals surface area contributed by atoms with Crippen molar-refractivity contribution in [3.05, 3.63) is 24.2 Å². The van der Waals surface area contributed by atoms with E-state index in [1.807, 2.05) is 6.92 Å². The van der Waals surface area contributed by atoms with Gasteiger partial charge in [-0.2, -0.15) is 13.8 Å². The van der Waals surface area contributed by atoms with Crippen molar-refractivity contribution < 1.29 is 22.8 Å². The highest BCUT2D eigenvalue weighted by atomic mass is 19.3. The standard InChI is InChI=1S/C15H17F2N3O3/c1-2-21-15(6-3-4-7-15)13-19-12(20-23-13)10-5-8-18-11(9-10)22-14(16)17/h5,8-9,14H,2-4,6-7H2,1H3. The van der Waals surface area contributed by atoms with E-state index in [2.05, 4.69) is 19.9 Å². The van der Waals surface area contributed by atoms with Crippen molar-refractivity contribution in [2.24, 2.45) is 0 Å². The van der Waals surface area contributed by atoms with Crippen LogP contribution in [0.1, 0.15) is 38.5 Å². The average Bonchev–Trinajstić information content (AvgIpc) is 3.17. The summed E-state index contributed by atoms with van der Waals surface area (Å²) in [5.74, 6) is 0.539. The molecule has 6 nitrogen and oxygen atoms in total. The molecule has 1 fully saturated rings. The molecule has 0 N–H and O–H groups in total. The molecule has 1 aliphatic rings. The molecule has 3 rings (SSSR count). The molecule has 1 saturated carbocycles. The van der Waals surface area contributed by atoms with E-state index in [0.717, 1.165) is 25.7 Å². The third-order valence-electron chi connectivity index (χ3n) is 3.85. The molecule has 2 aromatic rings. The van der Waals surface area contributed by atoms with E-state index in [1.54, 1.807) is 6.07 Å². The summed E-state index contributed by atoms with van der Waals surface area (Å²) in [5, 5.41) is 3.94. The van der Waals surface area contributed by atoms with E-state index in [9.17, 15) is 8.78 Å². The maximum absolute atomic E-state index is 12.3. The van der Waals surface area contributed by atoms with Crippen LogP contribution in [0.4, 0.5) is 8.78 Å². The summed E-state index contributed by atoms with van der Waals surface area (Å²) in [6.07, 6.45) is 5.10. The van der Waals surface area contributed by atoms with E-state index < -0.39 is 12.2 Å². The van der Waals surface area contributed by atoms with Gasteiger partial charge < -0.3 is 14.0 Å². The van der Waals surface area contributed by atoms with Crippen LogP contribution in [0.5, 0.6) is 5.88 Å². The summed E-state index contributed by atoms with van der Waals surface area (Å²) >= 11 is 0. The van der Waals surface area contributed by atoms with Gasteiger partial charge in [0.15, 0.2) is 0 Å². The van der Waals surface area contributed by atoms with Crippen molar-refractivity contribution in [2.45, 2.75) is 44.8 Å². The molecule has 124 valence electrons. The predicted octanol–water partition coefficient (Wildman–Crippen LogP) is 3.54. The van der Waals surface area contributed by atoms with Gasteiger partial charge in [-0.1, -0.05) is 5.16 Å². The van der Waals surface area contributed by atoms with E-state index in [-0.39, 0.29) is 5.88 Å². The number of hydrogen-bond donors (Lipinski definition) is 0. The zero-order valence-corrected chi connectivity index (χ0v) is 12.7. The lowest BCUT2D eigenvalue weighted by molar-refractivity contribution is -0.0610.